The first-order valence-electron chi connectivity index (χ1n) is 13.9. The van der Waals surface area contributed by atoms with Crippen LogP contribution in [-0.2, 0) is 29.0 Å². The molecule has 0 amide bonds. The van der Waals surface area contributed by atoms with Gasteiger partial charge in [-0.05, 0) is 66.9 Å². The number of halogens is 3. The zero-order chi connectivity index (χ0) is 29.9. The summed E-state index contributed by atoms with van der Waals surface area (Å²) in [7, 11) is 1.35. The molecule has 0 saturated carbocycles. The zero-order valence-electron chi connectivity index (χ0n) is 23.4. The molecular weight excluding hydrogens is 576 g/mol. The predicted octanol–water partition coefficient (Wildman–Crippen LogP) is 7.17. The third kappa shape index (κ3) is 6.38. The summed E-state index contributed by atoms with van der Waals surface area (Å²) in [6.45, 7) is 1.24. The number of nitrogens with zero attached hydrogens (tertiary/aromatic N) is 3. The van der Waals surface area contributed by atoms with Crippen molar-refractivity contribution in [2.75, 3.05) is 13.7 Å². The van der Waals surface area contributed by atoms with E-state index in [9.17, 15) is 9.18 Å². The van der Waals surface area contributed by atoms with Gasteiger partial charge in [-0.15, -0.1) is 0 Å². The average molecular weight is 604 g/mol. The van der Waals surface area contributed by atoms with Gasteiger partial charge in [-0.2, -0.15) is 0 Å². The summed E-state index contributed by atoms with van der Waals surface area (Å²) in [6.07, 6.45) is 2.33. The summed E-state index contributed by atoms with van der Waals surface area (Å²) in [5, 5.41) is 0.299. The highest BCUT2D eigenvalue weighted by Crippen LogP contribution is 2.28. The molecule has 0 unspecified atom stereocenters. The second-order valence-corrected chi connectivity index (χ2v) is 10.8. The summed E-state index contributed by atoms with van der Waals surface area (Å²) in [4.78, 5) is 21.4. The number of fused-ring (bicyclic) bond motifs is 1. The van der Waals surface area contributed by atoms with Gasteiger partial charge in [0.2, 0.25) is 5.88 Å². The van der Waals surface area contributed by atoms with Gasteiger partial charge in [-0.3, -0.25) is 0 Å². The van der Waals surface area contributed by atoms with Crippen LogP contribution in [0.2, 0.25) is 5.02 Å². The Morgan fingerprint density at radius 2 is 1.93 bits per heavy atom. The number of rotatable bonds is 9. The molecule has 1 aliphatic rings. The number of hydrogen-bond acceptors (Lipinski definition) is 6. The lowest BCUT2D eigenvalue weighted by Gasteiger charge is -2.15. The highest BCUT2D eigenvalue weighted by atomic mass is 35.5. The third-order valence-corrected chi connectivity index (χ3v) is 7.68. The van der Waals surface area contributed by atoms with Gasteiger partial charge in [0.1, 0.15) is 24.1 Å². The van der Waals surface area contributed by atoms with Crippen molar-refractivity contribution in [1.82, 2.24) is 14.5 Å². The van der Waals surface area contributed by atoms with E-state index >= 15 is 4.39 Å². The molecule has 2 aromatic heterocycles. The normalized spacial score (nSPS) is 14.7. The van der Waals surface area contributed by atoms with Gasteiger partial charge in [-0.1, -0.05) is 29.8 Å². The first kappa shape index (κ1) is 28.8. The van der Waals surface area contributed by atoms with Crippen LogP contribution in [-0.4, -0.2) is 40.3 Å². The van der Waals surface area contributed by atoms with Crippen molar-refractivity contribution in [2.24, 2.45) is 0 Å². The first-order valence-corrected chi connectivity index (χ1v) is 14.3. The number of aromatic nitrogens is 3. The van der Waals surface area contributed by atoms with Gasteiger partial charge < -0.3 is 18.8 Å². The van der Waals surface area contributed by atoms with Crippen LogP contribution in [0.5, 0.6) is 5.88 Å². The topological polar surface area (TPSA) is 75.5 Å². The Kier molecular flexibility index (Phi) is 8.35. The van der Waals surface area contributed by atoms with Crippen LogP contribution in [0.3, 0.4) is 0 Å². The van der Waals surface area contributed by atoms with Gasteiger partial charge in [0.25, 0.3) is 0 Å². The van der Waals surface area contributed by atoms with E-state index in [1.807, 2.05) is 6.07 Å². The van der Waals surface area contributed by atoms with Crippen LogP contribution in [0, 0.1) is 11.6 Å². The van der Waals surface area contributed by atoms with Crippen molar-refractivity contribution in [2.45, 2.75) is 38.5 Å². The number of esters is 1. The second-order valence-electron chi connectivity index (χ2n) is 10.3. The van der Waals surface area contributed by atoms with E-state index in [1.165, 1.54) is 19.2 Å². The fraction of sp³-hybridized carbons (Fsp3) is 0.242. The molecule has 1 fully saturated rings. The molecule has 43 heavy (non-hydrogen) atoms. The Morgan fingerprint density at radius 1 is 1.05 bits per heavy atom. The predicted molar refractivity (Wildman–Crippen MR) is 158 cm³/mol. The lowest BCUT2D eigenvalue weighted by atomic mass is 10.1. The van der Waals surface area contributed by atoms with Gasteiger partial charge in [0.15, 0.2) is 0 Å². The molecular formula is C33H28ClF2N3O4. The van der Waals surface area contributed by atoms with Crippen LogP contribution < -0.4 is 4.74 Å². The Morgan fingerprint density at radius 3 is 2.70 bits per heavy atom. The molecule has 1 saturated heterocycles. The van der Waals surface area contributed by atoms with Gasteiger partial charge in [-0.25, -0.2) is 23.5 Å². The van der Waals surface area contributed by atoms with Crippen molar-refractivity contribution in [3.05, 3.63) is 112 Å². The van der Waals surface area contributed by atoms with Gasteiger partial charge >= 0.3 is 5.97 Å². The molecule has 0 bridgehead atoms. The van der Waals surface area contributed by atoms with Crippen molar-refractivity contribution < 1.29 is 27.8 Å². The molecule has 3 heterocycles. The van der Waals surface area contributed by atoms with Crippen LogP contribution >= 0.6 is 11.6 Å². The maximum absolute atomic E-state index is 15.5. The monoisotopic (exact) mass is 603 g/mol. The van der Waals surface area contributed by atoms with Gasteiger partial charge in [0.05, 0.1) is 42.0 Å². The van der Waals surface area contributed by atoms with Crippen LogP contribution in [0.25, 0.3) is 22.3 Å². The van der Waals surface area contributed by atoms with E-state index in [1.54, 1.807) is 54.6 Å². The number of ether oxygens (including phenoxy) is 3. The maximum Gasteiger partial charge on any atom is 0.337 e. The van der Waals surface area contributed by atoms with Crippen LogP contribution in [0.1, 0.15) is 40.2 Å². The third-order valence-electron chi connectivity index (χ3n) is 7.44. The SMILES string of the molecule is COC(=O)c1ccc2nc(Cc3ccc(-c4cccc(OCc5ccc(Cl)cc5F)n4)c(F)c3)n(C[C@@H]3CCCO3)c2c1. The number of pyridine rings is 1. The minimum atomic E-state index is -0.474. The molecule has 10 heteroatoms. The molecule has 0 N–H and O–H groups in total. The number of methoxy groups -OCH3 is 1. The molecule has 7 nitrogen and oxygen atoms in total. The standard InChI is InChI=1S/C33H28ClF2N3O4/c1-41-33(40)21-9-12-29-30(16-21)39(18-24-4-3-13-42-24)31(37-29)15-20-7-11-25(27(36)14-20)28-5-2-6-32(38-28)43-19-22-8-10-23(34)17-26(22)35/h2,5-12,14,16-17,24H,3-4,13,15,18-19H2,1H3/t24-/m0/s1. The van der Waals surface area contributed by atoms with Crippen molar-refractivity contribution in [3.8, 4) is 17.1 Å². The summed E-state index contributed by atoms with van der Waals surface area (Å²) in [6, 6.07) is 19.6. The minimum absolute atomic E-state index is 0.0359. The Hall–Kier alpha value is -4.34. The highest BCUT2D eigenvalue weighted by Gasteiger charge is 2.21. The minimum Gasteiger partial charge on any atom is -0.473 e. The molecule has 220 valence electrons. The summed E-state index contributed by atoms with van der Waals surface area (Å²) < 4.78 is 48.1. The average Bonchev–Trinajstić information content (AvgIpc) is 3.64. The first-order chi connectivity index (χ1) is 20.9. The van der Waals surface area contributed by atoms with E-state index in [4.69, 9.17) is 30.8 Å². The molecule has 3 aromatic carbocycles. The number of carbonyl (C=O) groups excluding carboxylic acids is 1. The van der Waals surface area contributed by atoms with E-state index in [0.717, 1.165) is 35.3 Å². The maximum atomic E-state index is 15.5. The van der Waals surface area contributed by atoms with E-state index < -0.39 is 17.6 Å². The van der Waals surface area contributed by atoms with Crippen LogP contribution in [0.4, 0.5) is 8.78 Å². The fourth-order valence-electron chi connectivity index (χ4n) is 5.24. The molecule has 0 aliphatic carbocycles. The molecule has 6 rings (SSSR count). The zero-order valence-corrected chi connectivity index (χ0v) is 24.1. The van der Waals surface area contributed by atoms with E-state index in [-0.39, 0.29) is 18.6 Å². The Bertz CT molecular complexity index is 1800. The lowest BCUT2D eigenvalue weighted by molar-refractivity contribution is 0.0601. The smallest absolute Gasteiger partial charge is 0.337 e. The fourth-order valence-corrected chi connectivity index (χ4v) is 5.40. The van der Waals surface area contributed by atoms with Crippen LogP contribution in [0.15, 0.2) is 72.8 Å². The summed E-state index contributed by atoms with van der Waals surface area (Å²) in [5.41, 5.74) is 3.72. The number of imidazole rings is 1. The number of hydrogen-bond donors (Lipinski definition) is 0. The highest BCUT2D eigenvalue weighted by molar-refractivity contribution is 6.30. The van der Waals surface area contributed by atoms with Crippen molar-refractivity contribution in [3.63, 3.8) is 0 Å². The molecule has 1 aliphatic heterocycles. The second kappa shape index (κ2) is 12.5. The Balaban J connectivity index is 1.24. The quantitative estimate of drug-likeness (QED) is 0.166. The molecule has 0 radical (unpaired) electrons. The van der Waals surface area contributed by atoms with Crippen molar-refractivity contribution >= 4 is 28.6 Å². The number of carbonyl (C=O) groups is 1. The lowest BCUT2D eigenvalue weighted by Crippen LogP contribution is -2.17. The molecule has 0 spiro atoms. The van der Waals surface area contributed by atoms with Gasteiger partial charge in [0, 0.05) is 35.2 Å². The molecule has 1 atom stereocenters. The van der Waals surface area contributed by atoms with E-state index in [0.29, 0.717) is 47.0 Å². The van der Waals surface area contributed by atoms with E-state index in [2.05, 4.69) is 9.55 Å². The number of benzene rings is 3. The largest absolute Gasteiger partial charge is 0.473 e. The van der Waals surface area contributed by atoms with Crippen molar-refractivity contribution in [1.29, 1.82) is 0 Å². The summed E-state index contributed by atoms with van der Waals surface area (Å²) >= 11 is 5.82. The molecule has 5 aromatic rings. The Labute approximate surface area is 252 Å². The summed E-state index contributed by atoms with van der Waals surface area (Å²) in [5.74, 6) is -0.363.